The molecule has 0 aliphatic heterocycles. The molecule has 0 aliphatic rings. The molecular formula is C21H23ClN8O3S. The molecule has 4 aromatic heterocycles. The number of ether oxygens (including phenoxy) is 2. The van der Waals surface area contributed by atoms with E-state index in [9.17, 15) is 0 Å². The fraction of sp³-hybridized carbons (Fsp3) is 0.333. The predicted molar refractivity (Wildman–Crippen MR) is 129 cm³/mol. The Hall–Kier alpha value is -3.38. The minimum atomic E-state index is 0.0301. The molecule has 0 saturated carbocycles. The molecule has 178 valence electrons. The summed E-state index contributed by atoms with van der Waals surface area (Å²) < 4.78 is 21.8. The van der Waals surface area contributed by atoms with Gasteiger partial charge in [0.15, 0.2) is 11.4 Å². The molecule has 0 bridgehead atoms. The van der Waals surface area contributed by atoms with Gasteiger partial charge in [-0.25, -0.2) is 14.5 Å². The Morgan fingerprint density at radius 1 is 1.03 bits per heavy atom. The number of aryl methyl sites for hydroxylation is 1. The zero-order valence-electron chi connectivity index (χ0n) is 19.2. The Morgan fingerprint density at radius 2 is 1.71 bits per heavy atom. The Morgan fingerprint density at radius 3 is 2.29 bits per heavy atom. The molecule has 4 aromatic rings. The minimum Gasteiger partial charge on any atom is -0.479 e. The van der Waals surface area contributed by atoms with Gasteiger partial charge in [-0.3, -0.25) is 4.72 Å². The molecule has 4 rings (SSSR count). The SMILES string of the molecule is COc1ncnc(OC)c1-n1c(NSC(C)C(C)c2ncc(Cl)cn2)nnc1-c1ccc(C)o1. The molecule has 13 heteroatoms. The van der Waals surface area contributed by atoms with Crippen LogP contribution in [0.25, 0.3) is 17.3 Å². The van der Waals surface area contributed by atoms with Gasteiger partial charge in [0.25, 0.3) is 0 Å². The standard InChI is InChI=1S/C21H23ClN8O3S/c1-11-6-7-15(33-11)18-27-28-21(30(18)16-19(31-4)25-10-26-20(16)32-5)29-34-13(3)12(2)17-23-8-14(22)9-24-17/h6-10,12-13H,1-5H3,(H,28,29). The molecule has 0 amide bonds. The summed E-state index contributed by atoms with van der Waals surface area (Å²) >= 11 is 7.36. The first kappa shape index (κ1) is 23.8. The van der Waals surface area contributed by atoms with E-state index in [1.54, 1.807) is 17.0 Å². The first-order valence-electron chi connectivity index (χ1n) is 10.3. The van der Waals surface area contributed by atoms with Gasteiger partial charge in [0, 0.05) is 23.6 Å². The summed E-state index contributed by atoms with van der Waals surface area (Å²) in [5.74, 6) is 3.41. The van der Waals surface area contributed by atoms with E-state index in [4.69, 9.17) is 25.5 Å². The van der Waals surface area contributed by atoms with E-state index in [2.05, 4.69) is 41.8 Å². The third-order valence-corrected chi connectivity index (χ3v) is 6.35. The lowest BCUT2D eigenvalue weighted by Crippen LogP contribution is -2.15. The maximum absolute atomic E-state index is 5.92. The molecule has 0 fully saturated rings. The summed E-state index contributed by atoms with van der Waals surface area (Å²) in [5.41, 5.74) is 0.436. The van der Waals surface area contributed by atoms with Crippen molar-refractivity contribution in [1.82, 2.24) is 34.7 Å². The monoisotopic (exact) mass is 502 g/mol. The van der Waals surface area contributed by atoms with E-state index in [0.29, 0.717) is 45.8 Å². The molecular weight excluding hydrogens is 480 g/mol. The Kier molecular flexibility index (Phi) is 7.17. The van der Waals surface area contributed by atoms with Crippen LogP contribution in [0.1, 0.15) is 31.4 Å². The zero-order chi connectivity index (χ0) is 24.2. The van der Waals surface area contributed by atoms with Gasteiger partial charge < -0.3 is 13.9 Å². The molecule has 0 radical (unpaired) electrons. The summed E-state index contributed by atoms with van der Waals surface area (Å²) in [7, 11) is 3.04. The van der Waals surface area contributed by atoms with Gasteiger partial charge in [-0.15, -0.1) is 10.2 Å². The minimum absolute atomic E-state index is 0.0301. The number of nitrogens with one attached hydrogen (secondary N) is 1. The van der Waals surface area contributed by atoms with Crippen LogP contribution in [0.2, 0.25) is 5.02 Å². The molecule has 2 atom stereocenters. The number of furan rings is 1. The Balaban J connectivity index is 1.70. The van der Waals surface area contributed by atoms with Crippen molar-refractivity contribution in [2.45, 2.75) is 31.9 Å². The van der Waals surface area contributed by atoms with Gasteiger partial charge in [-0.05, 0) is 31.0 Å². The lowest BCUT2D eigenvalue weighted by atomic mass is 10.1. The number of nitrogens with zero attached hydrogens (tertiary/aromatic N) is 7. The van der Waals surface area contributed by atoms with Gasteiger partial charge in [-0.2, -0.15) is 9.97 Å². The van der Waals surface area contributed by atoms with Crippen molar-refractivity contribution in [3.8, 4) is 29.0 Å². The second kappa shape index (κ2) is 10.3. The van der Waals surface area contributed by atoms with Crippen LogP contribution >= 0.6 is 23.5 Å². The smallest absolute Gasteiger partial charge is 0.245 e. The summed E-state index contributed by atoms with van der Waals surface area (Å²) in [6, 6.07) is 3.67. The Labute approximate surface area is 205 Å². The first-order valence-corrected chi connectivity index (χ1v) is 11.5. The number of methoxy groups -OCH3 is 2. The van der Waals surface area contributed by atoms with Crippen molar-refractivity contribution >= 4 is 29.5 Å². The summed E-state index contributed by atoms with van der Waals surface area (Å²) in [4.78, 5) is 17.1. The Bertz CT molecular complexity index is 1240. The average molecular weight is 503 g/mol. The van der Waals surface area contributed by atoms with Crippen LogP contribution in [0.15, 0.2) is 35.3 Å². The molecule has 0 aliphatic carbocycles. The van der Waals surface area contributed by atoms with E-state index >= 15 is 0 Å². The second-order valence-corrected chi connectivity index (χ2v) is 8.93. The van der Waals surface area contributed by atoms with Gasteiger partial charge in [0.2, 0.25) is 23.5 Å². The van der Waals surface area contributed by atoms with Crippen LogP contribution in [-0.2, 0) is 0 Å². The number of rotatable bonds is 9. The normalized spacial score (nSPS) is 12.9. The number of anilines is 1. The van der Waals surface area contributed by atoms with E-state index in [0.717, 1.165) is 5.76 Å². The highest BCUT2D eigenvalue weighted by Crippen LogP contribution is 2.36. The van der Waals surface area contributed by atoms with Crippen molar-refractivity contribution in [3.05, 3.63) is 47.5 Å². The number of hydrogen-bond acceptors (Lipinski definition) is 11. The number of aromatic nitrogens is 7. The lowest BCUT2D eigenvalue weighted by Gasteiger charge is -2.19. The van der Waals surface area contributed by atoms with Gasteiger partial charge >= 0.3 is 0 Å². The topological polar surface area (TPSA) is 126 Å². The van der Waals surface area contributed by atoms with Crippen LogP contribution in [0, 0.1) is 6.92 Å². The molecule has 2 unspecified atom stereocenters. The highest BCUT2D eigenvalue weighted by atomic mass is 35.5. The van der Waals surface area contributed by atoms with Crippen LogP contribution in [-0.4, -0.2) is 54.2 Å². The first-order chi connectivity index (χ1) is 16.4. The van der Waals surface area contributed by atoms with Crippen molar-refractivity contribution < 1.29 is 13.9 Å². The lowest BCUT2D eigenvalue weighted by molar-refractivity contribution is 0.368. The quantitative estimate of drug-likeness (QED) is 0.328. The number of halogens is 1. The van der Waals surface area contributed by atoms with Crippen molar-refractivity contribution in [1.29, 1.82) is 0 Å². The van der Waals surface area contributed by atoms with Crippen LogP contribution in [0.3, 0.4) is 0 Å². The fourth-order valence-corrected chi connectivity index (χ4v) is 3.98. The fourth-order valence-electron chi connectivity index (χ4n) is 3.13. The second-order valence-electron chi connectivity index (χ2n) is 7.31. The van der Waals surface area contributed by atoms with Crippen LogP contribution in [0.4, 0.5) is 5.95 Å². The molecule has 0 spiro atoms. The predicted octanol–water partition coefficient (Wildman–Crippen LogP) is 4.34. The van der Waals surface area contributed by atoms with Crippen molar-refractivity contribution in [3.63, 3.8) is 0 Å². The molecule has 1 N–H and O–H groups in total. The maximum atomic E-state index is 5.92. The maximum Gasteiger partial charge on any atom is 0.245 e. The van der Waals surface area contributed by atoms with Crippen LogP contribution in [0.5, 0.6) is 11.8 Å². The van der Waals surface area contributed by atoms with Crippen molar-refractivity contribution in [2.75, 3.05) is 18.9 Å². The molecule has 11 nitrogen and oxygen atoms in total. The third kappa shape index (κ3) is 4.77. The average Bonchev–Trinajstić information content (AvgIpc) is 3.47. The van der Waals surface area contributed by atoms with Crippen LogP contribution < -0.4 is 14.2 Å². The zero-order valence-corrected chi connectivity index (χ0v) is 20.8. The van der Waals surface area contributed by atoms with Crippen molar-refractivity contribution in [2.24, 2.45) is 0 Å². The summed E-state index contributed by atoms with van der Waals surface area (Å²) in [6.45, 7) is 5.96. The summed E-state index contributed by atoms with van der Waals surface area (Å²) in [6.07, 6.45) is 4.54. The summed E-state index contributed by atoms with van der Waals surface area (Å²) in [5, 5.41) is 9.27. The van der Waals surface area contributed by atoms with Gasteiger partial charge in [0.1, 0.15) is 17.9 Å². The molecule has 0 saturated heterocycles. The number of hydrogen-bond donors (Lipinski definition) is 1. The van der Waals surface area contributed by atoms with E-state index in [1.165, 1.54) is 32.5 Å². The highest BCUT2D eigenvalue weighted by molar-refractivity contribution is 8.01. The largest absolute Gasteiger partial charge is 0.479 e. The molecule has 4 heterocycles. The molecule has 34 heavy (non-hydrogen) atoms. The van der Waals surface area contributed by atoms with Gasteiger partial charge in [-0.1, -0.05) is 25.4 Å². The highest BCUT2D eigenvalue weighted by Gasteiger charge is 2.27. The molecule has 0 aromatic carbocycles. The third-order valence-electron chi connectivity index (χ3n) is 5.08. The van der Waals surface area contributed by atoms with E-state index < -0.39 is 0 Å². The van der Waals surface area contributed by atoms with E-state index in [-0.39, 0.29) is 11.2 Å². The van der Waals surface area contributed by atoms with E-state index in [1.807, 2.05) is 26.0 Å². The van der Waals surface area contributed by atoms with Gasteiger partial charge in [0.05, 0.1) is 19.2 Å².